The fraction of sp³-hybridized carbons (Fsp3) is 0.824. The molecular formula is C17H29N3O6S. The van der Waals surface area contributed by atoms with Crippen LogP contribution in [0.15, 0.2) is 0 Å². The molecule has 0 radical (unpaired) electrons. The highest BCUT2D eigenvalue weighted by Gasteiger charge is 2.51. The molecule has 27 heavy (non-hydrogen) atoms. The Morgan fingerprint density at radius 1 is 1.22 bits per heavy atom. The van der Waals surface area contributed by atoms with E-state index >= 15 is 0 Å². The van der Waals surface area contributed by atoms with E-state index in [9.17, 15) is 29.7 Å². The van der Waals surface area contributed by atoms with Gasteiger partial charge in [-0.05, 0) is 19.3 Å². The summed E-state index contributed by atoms with van der Waals surface area (Å²) in [6, 6.07) is -1.83. The molecule has 2 saturated heterocycles. The van der Waals surface area contributed by atoms with Crippen LogP contribution in [0, 0.1) is 11.8 Å². The van der Waals surface area contributed by atoms with Gasteiger partial charge in [0.15, 0.2) is 0 Å². The van der Waals surface area contributed by atoms with Crippen molar-refractivity contribution >= 4 is 29.6 Å². The predicted molar refractivity (Wildman–Crippen MR) is 101 cm³/mol. The van der Waals surface area contributed by atoms with E-state index in [1.807, 2.05) is 6.92 Å². The lowest BCUT2D eigenvalue weighted by molar-refractivity contribution is -0.147. The van der Waals surface area contributed by atoms with Crippen LogP contribution in [0.3, 0.4) is 0 Å². The highest BCUT2D eigenvalue weighted by Crippen LogP contribution is 2.39. The van der Waals surface area contributed by atoms with Gasteiger partial charge in [-0.3, -0.25) is 19.7 Å². The second-order valence-electron chi connectivity index (χ2n) is 7.62. The zero-order valence-corrected chi connectivity index (χ0v) is 16.8. The molecule has 2 fully saturated rings. The summed E-state index contributed by atoms with van der Waals surface area (Å²) < 4.78 is 0. The molecule has 2 heterocycles. The topological polar surface area (TPSA) is 139 Å². The molecule has 2 aliphatic heterocycles. The van der Waals surface area contributed by atoms with Crippen molar-refractivity contribution in [3.63, 3.8) is 0 Å². The van der Waals surface area contributed by atoms with E-state index in [0.29, 0.717) is 13.0 Å². The number of likely N-dealkylation sites (N-methyl/N-ethyl adjacent to an activating group) is 1. The van der Waals surface area contributed by atoms with Crippen molar-refractivity contribution in [1.82, 2.24) is 15.5 Å². The van der Waals surface area contributed by atoms with Crippen LogP contribution in [0.5, 0.6) is 0 Å². The molecule has 2 rings (SSSR count). The quantitative estimate of drug-likeness (QED) is 0.364. The third-order valence-corrected chi connectivity index (χ3v) is 7.18. The number of nitrogens with zero attached hydrogens (tertiary/aromatic N) is 1. The number of amides is 1. The number of rotatable bonds is 7. The van der Waals surface area contributed by atoms with Gasteiger partial charge in [-0.15, -0.1) is 0 Å². The first kappa shape index (κ1) is 21.9. The van der Waals surface area contributed by atoms with Crippen molar-refractivity contribution in [2.45, 2.75) is 55.0 Å². The summed E-state index contributed by atoms with van der Waals surface area (Å²) in [5.74, 6) is -3.55. The number of hydrogen-bond donors (Lipinski definition) is 5. The molecule has 0 spiro atoms. The smallest absolute Gasteiger partial charge is 0.321 e. The van der Waals surface area contributed by atoms with E-state index in [4.69, 9.17) is 0 Å². The number of thioether (sulfide) groups is 1. The molecule has 0 aliphatic carbocycles. The summed E-state index contributed by atoms with van der Waals surface area (Å²) in [6.07, 6.45) is -0.503. The average Bonchev–Trinajstić information content (AvgIpc) is 3.13. The van der Waals surface area contributed by atoms with Gasteiger partial charge in [0.05, 0.1) is 18.1 Å². The number of carbonyl (C=O) groups excluding carboxylic acids is 1. The zero-order valence-electron chi connectivity index (χ0n) is 16.0. The van der Waals surface area contributed by atoms with Crippen LogP contribution in [0.25, 0.3) is 0 Å². The van der Waals surface area contributed by atoms with Crippen molar-refractivity contribution in [1.29, 1.82) is 0 Å². The molecule has 10 heteroatoms. The first-order valence-corrected chi connectivity index (χ1v) is 9.98. The highest BCUT2D eigenvalue weighted by molar-refractivity contribution is 8.00. The third kappa shape index (κ3) is 4.74. The zero-order chi connectivity index (χ0) is 20.5. The Labute approximate surface area is 162 Å². The van der Waals surface area contributed by atoms with Gasteiger partial charge in [0.25, 0.3) is 0 Å². The lowest BCUT2D eigenvalue weighted by Crippen LogP contribution is -2.47. The number of carboxylic acid groups (broad SMARTS) is 2. The van der Waals surface area contributed by atoms with E-state index < -0.39 is 36.0 Å². The van der Waals surface area contributed by atoms with Gasteiger partial charge < -0.3 is 25.5 Å². The molecule has 0 aromatic carbocycles. The summed E-state index contributed by atoms with van der Waals surface area (Å²) in [5, 5.41) is 34.7. The van der Waals surface area contributed by atoms with E-state index in [-0.39, 0.29) is 28.4 Å². The molecule has 9 nitrogen and oxygen atoms in total. The van der Waals surface area contributed by atoms with Crippen LogP contribution in [-0.2, 0) is 14.4 Å². The molecule has 5 N–H and O–H groups in total. The van der Waals surface area contributed by atoms with E-state index in [1.165, 1.54) is 23.6 Å². The van der Waals surface area contributed by atoms with Crippen LogP contribution in [0.4, 0.5) is 0 Å². The average molecular weight is 404 g/mol. The highest BCUT2D eigenvalue weighted by atomic mass is 32.2. The van der Waals surface area contributed by atoms with Crippen molar-refractivity contribution in [2.75, 3.05) is 20.6 Å². The van der Waals surface area contributed by atoms with Crippen molar-refractivity contribution in [3.8, 4) is 0 Å². The summed E-state index contributed by atoms with van der Waals surface area (Å²) >= 11 is 1.49. The van der Waals surface area contributed by atoms with Gasteiger partial charge in [0.1, 0.15) is 6.04 Å². The predicted octanol–water partition coefficient (Wildman–Crippen LogP) is -0.950. The Kier molecular flexibility index (Phi) is 7.12. The summed E-state index contributed by atoms with van der Waals surface area (Å²) in [6.45, 7) is 3.82. The third-order valence-electron chi connectivity index (χ3n) is 5.42. The Hall–Kier alpha value is -1.36. The fourth-order valence-corrected chi connectivity index (χ4v) is 5.71. The first-order valence-electron chi connectivity index (χ1n) is 9.04. The van der Waals surface area contributed by atoms with Crippen LogP contribution in [0.2, 0.25) is 0 Å². The van der Waals surface area contributed by atoms with Gasteiger partial charge in [-0.1, -0.05) is 6.92 Å². The Morgan fingerprint density at radius 2 is 1.85 bits per heavy atom. The fourth-order valence-electron chi connectivity index (χ4n) is 4.00. The number of aliphatic hydroxyl groups is 1. The Balaban J connectivity index is 2.11. The second-order valence-corrected chi connectivity index (χ2v) is 9.11. The number of aliphatic carboxylic acids is 2. The number of aliphatic hydroxyl groups excluding tert-OH is 1. The maximum absolute atomic E-state index is 12.1. The maximum Gasteiger partial charge on any atom is 0.321 e. The van der Waals surface area contributed by atoms with Crippen molar-refractivity contribution in [3.05, 3.63) is 0 Å². The molecule has 0 aromatic rings. The Morgan fingerprint density at radius 3 is 2.33 bits per heavy atom. The van der Waals surface area contributed by atoms with Crippen LogP contribution < -0.4 is 10.6 Å². The molecule has 1 unspecified atom stereocenters. The van der Waals surface area contributed by atoms with Gasteiger partial charge in [-0.2, -0.15) is 11.8 Å². The van der Waals surface area contributed by atoms with E-state index in [1.54, 1.807) is 14.1 Å². The maximum atomic E-state index is 12.1. The summed E-state index contributed by atoms with van der Waals surface area (Å²) in [5.41, 5.74) is 0. The standard InChI is InChI=1S/C17H29N3O6S/c1-7-12(11(8(2)21)16(23)24)19-13(17(25)26)14(7)27-9-5-10(18-6-9)15(22)20(3)4/h7-14,18-19,21H,5-6H2,1-4H3,(H,23,24)(H,25,26)/t7-,8+,9+,10+,11-,12-,13?,14+/m1/s1. The number of nitrogens with one attached hydrogen (secondary N) is 2. The van der Waals surface area contributed by atoms with Crippen LogP contribution in [0.1, 0.15) is 20.3 Å². The monoisotopic (exact) mass is 403 g/mol. The molecule has 0 bridgehead atoms. The minimum Gasteiger partial charge on any atom is -0.481 e. The molecule has 2 aliphatic rings. The van der Waals surface area contributed by atoms with Crippen LogP contribution >= 0.6 is 11.8 Å². The van der Waals surface area contributed by atoms with Crippen LogP contribution in [-0.4, -0.2) is 93.4 Å². The number of carboxylic acids is 2. The van der Waals surface area contributed by atoms with Gasteiger partial charge >= 0.3 is 11.9 Å². The molecule has 154 valence electrons. The van der Waals surface area contributed by atoms with Crippen molar-refractivity contribution in [2.24, 2.45) is 11.8 Å². The van der Waals surface area contributed by atoms with Gasteiger partial charge in [0.2, 0.25) is 5.91 Å². The normalized spacial score (nSPS) is 35.6. The second kappa shape index (κ2) is 8.76. The minimum atomic E-state index is -1.15. The van der Waals surface area contributed by atoms with Crippen molar-refractivity contribution < 1.29 is 29.7 Å². The molecule has 0 saturated carbocycles. The summed E-state index contributed by atoms with van der Waals surface area (Å²) in [4.78, 5) is 37.0. The summed E-state index contributed by atoms with van der Waals surface area (Å²) in [7, 11) is 3.39. The first-order chi connectivity index (χ1) is 12.5. The minimum absolute atomic E-state index is 0.0107. The lowest BCUT2D eigenvalue weighted by Gasteiger charge is -2.27. The SMILES string of the molecule is C[C@@H]1[C@H]([C@H](C(=O)O)[C@H](C)O)NC(C(=O)O)[C@H]1S[C@@H]1CN[C@H](C(=O)N(C)C)C1. The number of hydrogen-bond acceptors (Lipinski definition) is 7. The van der Waals surface area contributed by atoms with Gasteiger partial charge in [0, 0.05) is 37.2 Å². The molecular weight excluding hydrogens is 374 g/mol. The lowest BCUT2D eigenvalue weighted by atomic mass is 9.87. The number of carbonyl (C=O) groups is 3. The van der Waals surface area contributed by atoms with E-state index in [2.05, 4.69) is 10.6 Å². The molecule has 0 aromatic heterocycles. The molecule has 8 atom stereocenters. The largest absolute Gasteiger partial charge is 0.481 e. The van der Waals surface area contributed by atoms with Gasteiger partial charge in [-0.25, -0.2) is 0 Å². The van der Waals surface area contributed by atoms with E-state index in [0.717, 1.165) is 0 Å². The Bertz CT molecular complexity index is 587. The molecule has 1 amide bonds.